The number of nitrogens with one attached hydrogen (secondary N) is 2. The minimum absolute atomic E-state index is 0.0508. The van der Waals surface area contributed by atoms with Crippen molar-refractivity contribution in [3.63, 3.8) is 0 Å². The van der Waals surface area contributed by atoms with Crippen LogP contribution in [0, 0.1) is 0 Å². The van der Waals surface area contributed by atoms with E-state index in [2.05, 4.69) is 53.1 Å². The third-order valence-electron chi connectivity index (χ3n) is 4.14. The van der Waals surface area contributed by atoms with Crippen molar-refractivity contribution in [1.82, 2.24) is 20.2 Å². The molecule has 0 unspecified atom stereocenters. The van der Waals surface area contributed by atoms with Crippen LogP contribution in [0.15, 0.2) is 54.9 Å². The van der Waals surface area contributed by atoms with Crippen LogP contribution in [0.2, 0.25) is 0 Å². The van der Waals surface area contributed by atoms with Crippen LogP contribution in [-0.4, -0.2) is 34.1 Å². The van der Waals surface area contributed by atoms with Gasteiger partial charge in [0.1, 0.15) is 0 Å². The third-order valence-corrected chi connectivity index (χ3v) is 4.14. The average molecular weight is 350 g/mol. The Hall–Kier alpha value is -2.66. The molecule has 0 atom stereocenters. The number of hydrogen-bond donors (Lipinski definition) is 2. The zero-order valence-electron chi connectivity index (χ0n) is 15.6. The summed E-state index contributed by atoms with van der Waals surface area (Å²) in [5.74, 6) is -0.0692. The summed E-state index contributed by atoms with van der Waals surface area (Å²) >= 11 is 0. The van der Waals surface area contributed by atoms with E-state index in [0.717, 1.165) is 24.1 Å². The van der Waals surface area contributed by atoms with Crippen molar-refractivity contribution < 1.29 is 4.79 Å². The number of hydrogen-bond acceptors (Lipinski definition) is 3. The number of fused-ring (bicyclic) bond motifs is 1. The summed E-state index contributed by atoms with van der Waals surface area (Å²) < 4.78 is 2.10. The van der Waals surface area contributed by atoms with Gasteiger partial charge in [-0.15, -0.1) is 0 Å². The number of carbonyl (C=O) groups is 1. The van der Waals surface area contributed by atoms with Gasteiger partial charge in [0.25, 0.3) is 5.91 Å². The molecule has 0 saturated carbocycles. The first-order valence-corrected chi connectivity index (χ1v) is 8.94. The van der Waals surface area contributed by atoms with Crippen molar-refractivity contribution in [2.24, 2.45) is 0 Å². The fourth-order valence-corrected chi connectivity index (χ4v) is 2.83. The molecule has 26 heavy (non-hydrogen) atoms. The van der Waals surface area contributed by atoms with E-state index >= 15 is 0 Å². The maximum atomic E-state index is 12.3. The van der Waals surface area contributed by atoms with E-state index in [0.29, 0.717) is 12.1 Å². The summed E-state index contributed by atoms with van der Waals surface area (Å²) in [6, 6.07) is 15.9. The number of carbonyl (C=O) groups excluding carboxylic acids is 1. The molecular weight excluding hydrogens is 324 g/mol. The maximum Gasteiger partial charge on any atom is 0.251 e. The minimum Gasteiger partial charge on any atom is -0.351 e. The molecule has 1 aromatic heterocycles. The van der Waals surface area contributed by atoms with E-state index in [1.54, 1.807) is 0 Å². The highest BCUT2D eigenvalue weighted by Crippen LogP contribution is 2.16. The van der Waals surface area contributed by atoms with Gasteiger partial charge in [-0.1, -0.05) is 30.3 Å². The molecule has 0 aliphatic rings. The fourth-order valence-electron chi connectivity index (χ4n) is 2.83. The molecule has 1 amide bonds. The first kappa shape index (κ1) is 18.1. The molecule has 3 rings (SSSR count). The number of benzene rings is 2. The van der Waals surface area contributed by atoms with Gasteiger partial charge in [-0.05, 0) is 44.5 Å². The molecule has 1 heterocycles. The zero-order valence-corrected chi connectivity index (χ0v) is 15.6. The van der Waals surface area contributed by atoms with E-state index in [1.165, 1.54) is 5.56 Å². The lowest BCUT2D eigenvalue weighted by Gasteiger charge is -2.20. The SMILES string of the molecule is CC(C)(C)NCCNC(=O)c1ccc2c(c1)ncn2Cc1ccccc1. The number of aromatic nitrogens is 2. The van der Waals surface area contributed by atoms with E-state index in [9.17, 15) is 4.79 Å². The number of nitrogens with zero attached hydrogens (tertiary/aromatic N) is 2. The highest BCUT2D eigenvalue weighted by Gasteiger charge is 2.11. The van der Waals surface area contributed by atoms with Crippen molar-refractivity contribution in [2.45, 2.75) is 32.9 Å². The largest absolute Gasteiger partial charge is 0.351 e. The Morgan fingerprint density at radius 2 is 1.85 bits per heavy atom. The molecule has 3 aromatic rings. The number of amides is 1. The van der Waals surface area contributed by atoms with E-state index in [1.807, 2.05) is 42.7 Å². The molecule has 0 radical (unpaired) electrons. The molecule has 0 spiro atoms. The van der Waals surface area contributed by atoms with Crippen LogP contribution in [0.5, 0.6) is 0 Å². The number of imidazole rings is 1. The Kier molecular flexibility index (Phi) is 5.38. The van der Waals surface area contributed by atoms with Gasteiger partial charge in [-0.2, -0.15) is 0 Å². The molecule has 0 aliphatic carbocycles. The molecule has 2 N–H and O–H groups in total. The van der Waals surface area contributed by atoms with Gasteiger partial charge in [-0.3, -0.25) is 4.79 Å². The monoisotopic (exact) mass is 350 g/mol. The predicted octanol–water partition coefficient (Wildman–Crippen LogP) is 3.20. The quantitative estimate of drug-likeness (QED) is 0.671. The Morgan fingerprint density at radius 3 is 2.58 bits per heavy atom. The lowest BCUT2D eigenvalue weighted by atomic mass is 10.1. The van der Waals surface area contributed by atoms with Gasteiger partial charge in [0, 0.05) is 30.7 Å². The smallest absolute Gasteiger partial charge is 0.251 e. The van der Waals surface area contributed by atoms with Crippen LogP contribution >= 0.6 is 0 Å². The van der Waals surface area contributed by atoms with Gasteiger partial charge < -0.3 is 15.2 Å². The maximum absolute atomic E-state index is 12.3. The second kappa shape index (κ2) is 7.70. The number of rotatable bonds is 6. The van der Waals surface area contributed by atoms with Crippen LogP contribution < -0.4 is 10.6 Å². The average Bonchev–Trinajstić information content (AvgIpc) is 3.01. The fraction of sp³-hybridized carbons (Fsp3) is 0.333. The molecule has 0 aliphatic heterocycles. The molecule has 5 heteroatoms. The topological polar surface area (TPSA) is 58.9 Å². The van der Waals surface area contributed by atoms with Crippen LogP contribution in [0.1, 0.15) is 36.7 Å². The van der Waals surface area contributed by atoms with E-state index in [4.69, 9.17) is 0 Å². The van der Waals surface area contributed by atoms with E-state index in [-0.39, 0.29) is 11.4 Å². The first-order valence-electron chi connectivity index (χ1n) is 8.94. The summed E-state index contributed by atoms with van der Waals surface area (Å²) in [6.07, 6.45) is 1.83. The molecular formula is C21H26N4O. The summed E-state index contributed by atoms with van der Waals surface area (Å²) in [5, 5.41) is 6.30. The molecule has 0 bridgehead atoms. The highest BCUT2D eigenvalue weighted by molar-refractivity contribution is 5.97. The molecule has 0 saturated heterocycles. The van der Waals surface area contributed by atoms with Crippen LogP contribution in [-0.2, 0) is 6.54 Å². The van der Waals surface area contributed by atoms with Gasteiger partial charge in [0.2, 0.25) is 0 Å². The third kappa shape index (κ3) is 4.70. The Labute approximate surface area is 154 Å². The van der Waals surface area contributed by atoms with Gasteiger partial charge >= 0.3 is 0 Å². The Morgan fingerprint density at radius 1 is 1.08 bits per heavy atom. The second-order valence-electron chi connectivity index (χ2n) is 7.49. The van der Waals surface area contributed by atoms with Crippen molar-refractivity contribution in [3.05, 3.63) is 66.0 Å². The summed E-state index contributed by atoms with van der Waals surface area (Å²) in [4.78, 5) is 16.8. The summed E-state index contributed by atoms with van der Waals surface area (Å²) in [6.45, 7) is 8.42. The molecule has 5 nitrogen and oxygen atoms in total. The Balaban J connectivity index is 1.65. The normalized spacial score (nSPS) is 11.7. The van der Waals surface area contributed by atoms with Gasteiger partial charge in [0.15, 0.2) is 0 Å². The van der Waals surface area contributed by atoms with Crippen LogP contribution in [0.3, 0.4) is 0 Å². The predicted molar refractivity (Wildman–Crippen MR) is 105 cm³/mol. The zero-order chi connectivity index (χ0) is 18.6. The standard InChI is InChI=1S/C21H26N4O/c1-21(2,3)24-12-11-22-20(26)17-9-10-19-18(13-17)23-15-25(19)14-16-7-5-4-6-8-16/h4-10,13,15,24H,11-12,14H2,1-3H3,(H,22,26). The van der Waals surface area contributed by atoms with Crippen molar-refractivity contribution in [2.75, 3.05) is 13.1 Å². The van der Waals surface area contributed by atoms with Crippen LogP contribution in [0.25, 0.3) is 11.0 Å². The summed E-state index contributed by atoms with van der Waals surface area (Å²) in [7, 11) is 0. The van der Waals surface area contributed by atoms with Gasteiger partial charge in [-0.25, -0.2) is 4.98 Å². The first-order chi connectivity index (χ1) is 12.4. The van der Waals surface area contributed by atoms with E-state index < -0.39 is 0 Å². The van der Waals surface area contributed by atoms with Crippen molar-refractivity contribution in [3.8, 4) is 0 Å². The lowest BCUT2D eigenvalue weighted by Crippen LogP contribution is -2.41. The second-order valence-corrected chi connectivity index (χ2v) is 7.49. The molecule has 2 aromatic carbocycles. The lowest BCUT2D eigenvalue weighted by molar-refractivity contribution is 0.0953. The van der Waals surface area contributed by atoms with Crippen molar-refractivity contribution in [1.29, 1.82) is 0 Å². The van der Waals surface area contributed by atoms with Gasteiger partial charge in [0.05, 0.1) is 17.4 Å². The Bertz CT molecular complexity index is 878. The molecule has 136 valence electrons. The van der Waals surface area contributed by atoms with Crippen molar-refractivity contribution >= 4 is 16.9 Å². The van der Waals surface area contributed by atoms with Crippen LogP contribution in [0.4, 0.5) is 0 Å². The summed E-state index contributed by atoms with van der Waals surface area (Å²) in [5.41, 5.74) is 3.77. The minimum atomic E-state index is -0.0692. The highest BCUT2D eigenvalue weighted by atomic mass is 16.1. The molecule has 0 fully saturated rings.